The summed E-state index contributed by atoms with van der Waals surface area (Å²) in [4.78, 5) is 11.7. The van der Waals surface area contributed by atoms with Gasteiger partial charge in [-0.05, 0) is 22.0 Å². The molecule has 5 heteroatoms. The Kier molecular flexibility index (Phi) is 2.79. The summed E-state index contributed by atoms with van der Waals surface area (Å²) in [6, 6.07) is 1.96. The number of halogens is 1. The Balaban J connectivity index is 2.32. The molecule has 0 saturated carbocycles. The van der Waals surface area contributed by atoms with Gasteiger partial charge in [-0.3, -0.25) is 0 Å². The predicted molar refractivity (Wildman–Crippen MR) is 57.2 cm³/mol. The zero-order valence-electron chi connectivity index (χ0n) is 7.75. The van der Waals surface area contributed by atoms with Gasteiger partial charge >= 0.3 is 0 Å². The van der Waals surface area contributed by atoms with Crippen molar-refractivity contribution >= 4 is 27.1 Å². The highest BCUT2D eigenvalue weighted by Gasteiger charge is 2.03. The van der Waals surface area contributed by atoms with Gasteiger partial charge in [0.05, 0.1) is 12.1 Å². The summed E-state index contributed by atoms with van der Waals surface area (Å²) >= 11 is 3.36. The fourth-order valence-electron chi connectivity index (χ4n) is 1.24. The van der Waals surface area contributed by atoms with Crippen LogP contribution in [0.4, 0.5) is 0 Å². The number of aromatic nitrogens is 3. The lowest BCUT2D eigenvalue weighted by atomic mass is 10.4. The Bertz CT molecular complexity index is 441. The van der Waals surface area contributed by atoms with E-state index in [4.69, 9.17) is 4.74 Å². The summed E-state index contributed by atoms with van der Waals surface area (Å²) in [5.74, 6) is 0.910. The molecule has 0 saturated heterocycles. The first-order valence-electron chi connectivity index (χ1n) is 4.28. The maximum atomic E-state index is 4.98. The molecule has 0 atom stereocenters. The van der Waals surface area contributed by atoms with E-state index in [1.165, 1.54) is 0 Å². The average Bonchev–Trinajstić information content (AvgIpc) is 2.56. The molecule has 2 heterocycles. The summed E-state index contributed by atoms with van der Waals surface area (Å²) < 4.78 is 5.93. The van der Waals surface area contributed by atoms with Crippen molar-refractivity contribution in [1.29, 1.82) is 0 Å². The van der Waals surface area contributed by atoms with Gasteiger partial charge < -0.3 is 9.72 Å². The number of nitrogens with zero attached hydrogens (tertiary/aromatic N) is 2. The van der Waals surface area contributed by atoms with Crippen LogP contribution in [0, 0.1) is 0 Å². The lowest BCUT2D eigenvalue weighted by molar-refractivity contribution is 0.201. The molecule has 74 valence electrons. The summed E-state index contributed by atoms with van der Waals surface area (Å²) in [5, 5.41) is 0. The number of pyridine rings is 1. The van der Waals surface area contributed by atoms with Crippen LogP contribution in [0.25, 0.3) is 11.2 Å². The SMILES string of the molecule is COCCc1nc2ncc(Br)cc2[nH]1. The number of hydrogen-bond acceptors (Lipinski definition) is 3. The average molecular weight is 256 g/mol. The van der Waals surface area contributed by atoms with E-state index in [0.29, 0.717) is 6.61 Å². The maximum Gasteiger partial charge on any atom is 0.177 e. The first-order valence-corrected chi connectivity index (χ1v) is 5.08. The molecule has 0 spiro atoms. The van der Waals surface area contributed by atoms with E-state index in [-0.39, 0.29) is 0 Å². The van der Waals surface area contributed by atoms with Crippen molar-refractivity contribution in [2.75, 3.05) is 13.7 Å². The second-order valence-corrected chi connectivity index (χ2v) is 3.87. The van der Waals surface area contributed by atoms with Crippen molar-refractivity contribution in [1.82, 2.24) is 15.0 Å². The summed E-state index contributed by atoms with van der Waals surface area (Å²) in [7, 11) is 1.68. The smallest absolute Gasteiger partial charge is 0.177 e. The van der Waals surface area contributed by atoms with Gasteiger partial charge in [-0.2, -0.15) is 0 Å². The number of aromatic amines is 1. The molecule has 0 aliphatic rings. The molecule has 0 fully saturated rings. The zero-order chi connectivity index (χ0) is 9.97. The zero-order valence-corrected chi connectivity index (χ0v) is 9.34. The van der Waals surface area contributed by atoms with E-state index in [1.54, 1.807) is 13.3 Å². The molecule has 0 bridgehead atoms. The minimum Gasteiger partial charge on any atom is -0.384 e. The van der Waals surface area contributed by atoms with E-state index in [9.17, 15) is 0 Å². The van der Waals surface area contributed by atoms with Crippen molar-refractivity contribution in [2.45, 2.75) is 6.42 Å². The summed E-state index contributed by atoms with van der Waals surface area (Å²) in [6.07, 6.45) is 2.52. The van der Waals surface area contributed by atoms with Gasteiger partial charge in [0.25, 0.3) is 0 Å². The van der Waals surface area contributed by atoms with Gasteiger partial charge in [-0.15, -0.1) is 0 Å². The molecule has 2 aromatic heterocycles. The van der Waals surface area contributed by atoms with Crippen molar-refractivity contribution in [3.8, 4) is 0 Å². The third kappa shape index (κ3) is 1.93. The minimum atomic E-state index is 0.668. The van der Waals surface area contributed by atoms with Crippen LogP contribution in [0.3, 0.4) is 0 Å². The number of nitrogens with one attached hydrogen (secondary N) is 1. The normalized spacial score (nSPS) is 11.0. The van der Waals surface area contributed by atoms with E-state index in [1.807, 2.05) is 6.07 Å². The third-order valence-electron chi connectivity index (χ3n) is 1.90. The molecule has 0 unspecified atom stereocenters. The number of ether oxygens (including phenoxy) is 1. The Morgan fingerprint density at radius 3 is 3.21 bits per heavy atom. The number of imidazole rings is 1. The Hall–Kier alpha value is -0.940. The standard InChI is InChI=1S/C9H10BrN3O/c1-14-3-2-8-12-7-4-6(10)5-11-9(7)13-8/h4-5H,2-3H2,1H3,(H,11,12,13). The fraction of sp³-hybridized carbons (Fsp3) is 0.333. The highest BCUT2D eigenvalue weighted by molar-refractivity contribution is 9.10. The van der Waals surface area contributed by atoms with E-state index >= 15 is 0 Å². The summed E-state index contributed by atoms with van der Waals surface area (Å²) in [5.41, 5.74) is 1.70. The molecule has 2 aromatic rings. The first kappa shape index (κ1) is 9.61. The number of methoxy groups -OCH3 is 1. The fourth-order valence-corrected chi connectivity index (χ4v) is 1.57. The van der Waals surface area contributed by atoms with Gasteiger partial charge in [-0.1, -0.05) is 0 Å². The van der Waals surface area contributed by atoms with E-state index in [0.717, 1.165) is 27.9 Å². The highest BCUT2D eigenvalue weighted by Crippen LogP contribution is 2.15. The van der Waals surface area contributed by atoms with E-state index < -0.39 is 0 Å². The lowest BCUT2D eigenvalue weighted by Crippen LogP contribution is -1.95. The molecular formula is C9H10BrN3O. The lowest BCUT2D eigenvalue weighted by Gasteiger charge is -1.92. The molecular weight excluding hydrogens is 246 g/mol. The Morgan fingerprint density at radius 2 is 2.43 bits per heavy atom. The van der Waals surface area contributed by atoms with Crippen LogP contribution in [-0.2, 0) is 11.2 Å². The van der Waals surface area contributed by atoms with Gasteiger partial charge in [0.2, 0.25) is 0 Å². The molecule has 0 amide bonds. The van der Waals surface area contributed by atoms with Gasteiger partial charge in [0.1, 0.15) is 5.82 Å². The molecule has 0 aliphatic carbocycles. The van der Waals surface area contributed by atoms with Gasteiger partial charge in [0, 0.05) is 24.2 Å². The van der Waals surface area contributed by atoms with Crippen molar-refractivity contribution in [3.05, 3.63) is 22.6 Å². The topological polar surface area (TPSA) is 50.8 Å². The van der Waals surface area contributed by atoms with Crippen LogP contribution in [0.1, 0.15) is 5.82 Å². The number of H-pyrrole nitrogens is 1. The first-order chi connectivity index (χ1) is 6.79. The molecule has 1 N–H and O–H groups in total. The van der Waals surface area contributed by atoms with E-state index in [2.05, 4.69) is 30.9 Å². The van der Waals surface area contributed by atoms with Gasteiger partial charge in [0.15, 0.2) is 5.65 Å². The van der Waals surface area contributed by atoms with Crippen molar-refractivity contribution in [3.63, 3.8) is 0 Å². The van der Waals surface area contributed by atoms with Crippen LogP contribution in [0.2, 0.25) is 0 Å². The monoisotopic (exact) mass is 255 g/mol. The second-order valence-electron chi connectivity index (χ2n) is 2.95. The quantitative estimate of drug-likeness (QED) is 0.912. The third-order valence-corrected chi connectivity index (χ3v) is 2.33. The molecule has 2 rings (SSSR count). The molecule has 0 radical (unpaired) electrons. The maximum absolute atomic E-state index is 4.98. The molecule has 0 aliphatic heterocycles. The van der Waals surface area contributed by atoms with Crippen LogP contribution >= 0.6 is 15.9 Å². The minimum absolute atomic E-state index is 0.668. The largest absolute Gasteiger partial charge is 0.384 e. The van der Waals surface area contributed by atoms with Gasteiger partial charge in [-0.25, -0.2) is 9.97 Å². The van der Waals surface area contributed by atoms with Crippen LogP contribution < -0.4 is 0 Å². The number of hydrogen-bond donors (Lipinski definition) is 1. The highest BCUT2D eigenvalue weighted by atomic mass is 79.9. The number of rotatable bonds is 3. The summed E-state index contributed by atoms with van der Waals surface area (Å²) in [6.45, 7) is 0.668. The van der Waals surface area contributed by atoms with Crippen LogP contribution in [0.5, 0.6) is 0 Å². The molecule has 4 nitrogen and oxygen atoms in total. The van der Waals surface area contributed by atoms with Crippen LogP contribution in [-0.4, -0.2) is 28.7 Å². The Labute approximate surface area is 89.8 Å². The molecule has 0 aromatic carbocycles. The van der Waals surface area contributed by atoms with Crippen molar-refractivity contribution in [2.24, 2.45) is 0 Å². The predicted octanol–water partition coefficient (Wildman–Crippen LogP) is 1.91. The van der Waals surface area contributed by atoms with Crippen LogP contribution in [0.15, 0.2) is 16.7 Å². The molecule has 14 heavy (non-hydrogen) atoms. The Morgan fingerprint density at radius 1 is 1.57 bits per heavy atom. The number of fused-ring (bicyclic) bond motifs is 1. The van der Waals surface area contributed by atoms with Crippen molar-refractivity contribution < 1.29 is 4.74 Å². The second kappa shape index (κ2) is 4.06.